The maximum absolute atomic E-state index is 12.9. The number of carboxylic acids is 1. The number of allylic oxidation sites excluding steroid dienone is 3. The highest BCUT2D eigenvalue weighted by atomic mass is 16.4. The molecular formula is C41H66N6O8. The highest BCUT2D eigenvalue weighted by Gasteiger charge is 2.30. The summed E-state index contributed by atoms with van der Waals surface area (Å²) in [6.07, 6.45) is 7.13. The first-order chi connectivity index (χ1) is 25.6. The normalized spacial score (nSPS) is 14.6. The van der Waals surface area contributed by atoms with Crippen molar-refractivity contribution in [3.05, 3.63) is 59.2 Å². The lowest BCUT2D eigenvalue weighted by molar-refractivity contribution is -0.143. The standard InChI is InChI=1S/C34H58N6O8.C7H8/c1-12-20(3)17-21(4)15-14-16-23(6)30(43)35-24(7)31(44)36-25(8)33(46)40(11)19-28(42)39(10)18-27(41)38-29(22(5)13-2)32(45)37-26(9)34(47)48;1-7-5-3-2-4-6-7/h12,16,21-22,24-26,29H,13-15,17-19H2,1-11H3,(H,35,43)(H,36,44)(H,37,45)(H,38,41)(H,47,48);2-6H,1H3/b20-12+,23-16+;/t21?,22?,24-,25?,26-,29?;/m1./s1. The molecule has 0 radical (unpaired) electrons. The molecular weight excluding hydrogens is 704 g/mol. The molecule has 1 rings (SSSR count). The van der Waals surface area contributed by atoms with Crippen LogP contribution in [-0.4, -0.2) is 108 Å². The Morgan fingerprint density at radius 2 is 1.36 bits per heavy atom. The minimum Gasteiger partial charge on any atom is -0.480 e. The summed E-state index contributed by atoms with van der Waals surface area (Å²) in [5.41, 5.74) is 3.14. The number of carbonyl (C=O) groups is 7. The highest BCUT2D eigenvalue weighted by molar-refractivity contribution is 5.97. The third-order valence-electron chi connectivity index (χ3n) is 9.14. The Bertz CT molecular complexity index is 1490. The Morgan fingerprint density at radius 1 is 0.782 bits per heavy atom. The van der Waals surface area contributed by atoms with E-state index in [0.717, 1.165) is 29.1 Å². The average molecular weight is 771 g/mol. The van der Waals surface area contributed by atoms with Crippen molar-refractivity contribution in [1.29, 1.82) is 0 Å². The van der Waals surface area contributed by atoms with Gasteiger partial charge < -0.3 is 36.2 Å². The van der Waals surface area contributed by atoms with Gasteiger partial charge in [0.05, 0.1) is 13.1 Å². The van der Waals surface area contributed by atoms with Gasteiger partial charge in [0.2, 0.25) is 35.4 Å². The lowest BCUT2D eigenvalue weighted by atomic mass is 9.96. The fourth-order valence-corrected chi connectivity index (χ4v) is 5.08. The number of carboxylic acid groups (broad SMARTS) is 1. The first-order valence-electron chi connectivity index (χ1n) is 18.9. The van der Waals surface area contributed by atoms with Crippen LogP contribution in [0.4, 0.5) is 0 Å². The SMILES string of the molecule is C/C=C(\C)CC(C)CC/C=C(\C)C(=O)N[C@H](C)C(=O)NC(C)C(=O)N(C)CC(=O)N(C)CC(=O)NC(C(=O)N[C@H](C)C(=O)O)C(C)CC.Cc1ccccc1. The molecule has 55 heavy (non-hydrogen) atoms. The molecule has 0 fully saturated rings. The second-order valence-corrected chi connectivity index (χ2v) is 14.4. The van der Waals surface area contributed by atoms with Crippen molar-refractivity contribution >= 4 is 41.4 Å². The summed E-state index contributed by atoms with van der Waals surface area (Å²) in [5, 5.41) is 19.2. The van der Waals surface area contributed by atoms with E-state index in [-0.39, 0.29) is 11.8 Å². The van der Waals surface area contributed by atoms with Crippen molar-refractivity contribution < 1.29 is 38.7 Å². The molecule has 14 nitrogen and oxygen atoms in total. The molecule has 0 bridgehead atoms. The molecule has 0 saturated carbocycles. The van der Waals surface area contributed by atoms with Gasteiger partial charge in [-0.1, -0.05) is 80.8 Å². The van der Waals surface area contributed by atoms with E-state index in [0.29, 0.717) is 17.9 Å². The van der Waals surface area contributed by atoms with Crippen LogP contribution >= 0.6 is 0 Å². The van der Waals surface area contributed by atoms with Crippen molar-refractivity contribution in [2.24, 2.45) is 11.8 Å². The lowest BCUT2D eigenvalue weighted by Crippen LogP contribution is -2.55. The van der Waals surface area contributed by atoms with Gasteiger partial charge in [0, 0.05) is 19.7 Å². The monoisotopic (exact) mass is 770 g/mol. The molecule has 1 aromatic carbocycles. The van der Waals surface area contributed by atoms with Crippen molar-refractivity contribution in [1.82, 2.24) is 31.1 Å². The smallest absolute Gasteiger partial charge is 0.325 e. The Labute approximate surface area is 327 Å². The molecule has 0 saturated heterocycles. The van der Waals surface area contributed by atoms with E-state index in [1.807, 2.05) is 38.1 Å². The summed E-state index contributed by atoms with van der Waals surface area (Å²) in [7, 11) is 2.74. The number of likely N-dealkylation sites (N-methyl/N-ethyl adjacent to an activating group) is 2. The van der Waals surface area contributed by atoms with Crippen LogP contribution in [0.1, 0.15) is 93.6 Å². The van der Waals surface area contributed by atoms with Gasteiger partial charge in [-0.15, -0.1) is 0 Å². The van der Waals surface area contributed by atoms with Gasteiger partial charge in [-0.05, 0) is 79.6 Å². The number of benzene rings is 1. The number of nitrogens with one attached hydrogen (secondary N) is 4. The Morgan fingerprint density at radius 3 is 1.87 bits per heavy atom. The molecule has 14 heteroatoms. The Hall–Kier alpha value is -5.01. The van der Waals surface area contributed by atoms with E-state index in [9.17, 15) is 33.6 Å². The summed E-state index contributed by atoms with van der Waals surface area (Å²) >= 11 is 0. The molecule has 308 valence electrons. The number of carbonyl (C=O) groups excluding carboxylic acids is 6. The molecule has 0 aromatic heterocycles. The summed E-state index contributed by atoms with van der Waals surface area (Å²) in [4.78, 5) is 89.7. The Balaban J connectivity index is 0.00000370. The first-order valence-corrected chi connectivity index (χ1v) is 18.9. The number of hydrogen-bond acceptors (Lipinski definition) is 7. The maximum Gasteiger partial charge on any atom is 0.325 e. The molecule has 0 aliphatic heterocycles. The fourth-order valence-electron chi connectivity index (χ4n) is 5.08. The molecule has 1 aromatic rings. The van der Waals surface area contributed by atoms with E-state index in [4.69, 9.17) is 5.11 Å². The topological polar surface area (TPSA) is 194 Å². The largest absolute Gasteiger partial charge is 0.480 e. The summed E-state index contributed by atoms with van der Waals surface area (Å²) in [6.45, 7) is 17.1. The van der Waals surface area contributed by atoms with Gasteiger partial charge in [-0.3, -0.25) is 33.6 Å². The van der Waals surface area contributed by atoms with Crippen molar-refractivity contribution in [3.8, 4) is 0 Å². The summed E-state index contributed by atoms with van der Waals surface area (Å²) < 4.78 is 0. The molecule has 6 amide bonds. The van der Waals surface area contributed by atoms with Gasteiger partial charge in [0.15, 0.2) is 0 Å². The number of nitrogens with zero attached hydrogens (tertiary/aromatic N) is 2. The Kier molecular flexibility index (Phi) is 23.5. The summed E-state index contributed by atoms with van der Waals surface area (Å²) in [5.74, 6) is -4.43. The number of amides is 6. The van der Waals surface area contributed by atoms with Crippen LogP contribution < -0.4 is 21.3 Å². The van der Waals surface area contributed by atoms with Crippen LogP contribution in [0.3, 0.4) is 0 Å². The predicted molar refractivity (Wildman–Crippen MR) is 214 cm³/mol. The van der Waals surface area contributed by atoms with Gasteiger partial charge >= 0.3 is 5.97 Å². The van der Waals surface area contributed by atoms with Crippen molar-refractivity contribution in [3.63, 3.8) is 0 Å². The van der Waals surface area contributed by atoms with Crippen LogP contribution in [0.15, 0.2) is 53.6 Å². The van der Waals surface area contributed by atoms with Crippen molar-refractivity contribution in [2.45, 2.75) is 119 Å². The zero-order valence-electron chi connectivity index (χ0n) is 34.9. The average Bonchev–Trinajstić information content (AvgIpc) is 3.12. The maximum atomic E-state index is 12.9. The third kappa shape index (κ3) is 20.3. The number of aliphatic carboxylic acids is 1. The predicted octanol–water partition coefficient (Wildman–Crippen LogP) is 3.75. The van der Waals surface area contributed by atoms with E-state index in [1.54, 1.807) is 13.8 Å². The van der Waals surface area contributed by atoms with Crippen LogP contribution in [-0.2, 0) is 33.6 Å². The van der Waals surface area contributed by atoms with E-state index in [2.05, 4.69) is 60.2 Å². The minimum atomic E-state index is -1.22. The zero-order chi connectivity index (χ0) is 42.4. The first kappa shape index (κ1) is 50.0. The third-order valence-corrected chi connectivity index (χ3v) is 9.14. The molecule has 0 aliphatic rings. The molecule has 0 heterocycles. The summed E-state index contributed by atoms with van der Waals surface area (Å²) in [6, 6.07) is 6.17. The lowest BCUT2D eigenvalue weighted by Gasteiger charge is -2.27. The van der Waals surface area contributed by atoms with E-state index >= 15 is 0 Å². The molecule has 4 unspecified atom stereocenters. The zero-order valence-corrected chi connectivity index (χ0v) is 34.9. The van der Waals surface area contributed by atoms with Crippen molar-refractivity contribution in [2.75, 3.05) is 27.2 Å². The van der Waals surface area contributed by atoms with Gasteiger partial charge in [0.1, 0.15) is 24.2 Å². The molecule has 0 aliphatic carbocycles. The number of hydrogen-bond donors (Lipinski definition) is 5. The van der Waals surface area contributed by atoms with Crippen LogP contribution in [0.5, 0.6) is 0 Å². The van der Waals surface area contributed by atoms with Crippen LogP contribution in [0, 0.1) is 18.8 Å². The second kappa shape index (κ2) is 25.9. The minimum absolute atomic E-state index is 0.315. The van der Waals surface area contributed by atoms with Gasteiger partial charge in [-0.2, -0.15) is 0 Å². The van der Waals surface area contributed by atoms with E-state index in [1.165, 1.54) is 46.0 Å². The highest BCUT2D eigenvalue weighted by Crippen LogP contribution is 2.17. The molecule has 0 spiro atoms. The van der Waals surface area contributed by atoms with Crippen LogP contribution in [0.25, 0.3) is 0 Å². The molecule has 5 N–H and O–H groups in total. The quantitative estimate of drug-likeness (QED) is 0.0978. The van der Waals surface area contributed by atoms with Gasteiger partial charge in [-0.25, -0.2) is 0 Å². The second-order valence-electron chi connectivity index (χ2n) is 14.4. The molecule has 6 atom stereocenters. The van der Waals surface area contributed by atoms with Crippen LogP contribution in [0.2, 0.25) is 0 Å². The van der Waals surface area contributed by atoms with Gasteiger partial charge in [0.25, 0.3) is 0 Å². The fraction of sp³-hybridized carbons (Fsp3) is 0.585. The number of rotatable bonds is 20. The number of aryl methyl sites for hydroxylation is 1. The van der Waals surface area contributed by atoms with E-state index < -0.39 is 72.8 Å².